The lowest BCUT2D eigenvalue weighted by Gasteiger charge is -2.35. The number of piperazine rings is 1. The highest BCUT2D eigenvalue weighted by atomic mass is 16.5. The van der Waals surface area contributed by atoms with Gasteiger partial charge in [0.05, 0.1) is 12.8 Å². The lowest BCUT2D eigenvalue weighted by molar-refractivity contribution is 0.0746. The Morgan fingerprint density at radius 1 is 0.938 bits per heavy atom. The van der Waals surface area contributed by atoms with Crippen molar-refractivity contribution < 1.29 is 9.53 Å². The summed E-state index contributed by atoms with van der Waals surface area (Å²) in [6.45, 7) is 9.33. The van der Waals surface area contributed by atoms with E-state index in [4.69, 9.17) is 4.74 Å². The van der Waals surface area contributed by atoms with Gasteiger partial charge in [0.2, 0.25) is 0 Å². The van der Waals surface area contributed by atoms with Gasteiger partial charge in [-0.25, -0.2) is 9.97 Å². The molecule has 0 spiro atoms. The van der Waals surface area contributed by atoms with Crippen molar-refractivity contribution in [2.45, 2.75) is 26.2 Å². The number of hydrogen-bond donors (Lipinski definition) is 0. The number of nitrogens with zero attached hydrogens (tertiary/aromatic N) is 4. The Morgan fingerprint density at radius 2 is 1.66 bits per heavy atom. The Kier molecular flexibility index (Phi) is 6.12. The van der Waals surface area contributed by atoms with Crippen LogP contribution in [0.15, 0.2) is 60.9 Å². The van der Waals surface area contributed by atoms with Gasteiger partial charge in [-0.3, -0.25) is 4.79 Å². The van der Waals surface area contributed by atoms with Crippen LogP contribution >= 0.6 is 0 Å². The number of rotatable bonds is 4. The maximum Gasteiger partial charge on any atom is 0.253 e. The first kappa shape index (κ1) is 21.8. The van der Waals surface area contributed by atoms with Crippen molar-refractivity contribution in [3.05, 3.63) is 72.1 Å². The molecular weight excluding hydrogens is 400 g/mol. The van der Waals surface area contributed by atoms with Crippen LogP contribution in [-0.4, -0.2) is 54.1 Å². The number of carbonyl (C=O) groups excluding carboxylic acids is 1. The summed E-state index contributed by atoms with van der Waals surface area (Å²) in [6, 6.07) is 17.9. The molecule has 0 bridgehead atoms. The highest BCUT2D eigenvalue weighted by Gasteiger charge is 2.24. The smallest absolute Gasteiger partial charge is 0.253 e. The third kappa shape index (κ3) is 4.74. The monoisotopic (exact) mass is 430 g/mol. The van der Waals surface area contributed by atoms with Crippen molar-refractivity contribution in [3.63, 3.8) is 0 Å². The highest BCUT2D eigenvalue weighted by Crippen LogP contribution is 2.26. The number of benzene rings is 2. The van der Waals surface area contributed by atoms with Gasteiger partial charge in [0.1, 0.15) is 17.9 Å². The third-order valence-electron chi connectivity index (χ3n) is 5.91. The highest BCUT2D eigenvalue weighted by molar-refractivity contribution is 5.94. The van der Waals surface area contributed by atoms with E-state index in [2.05, 4.69) is 47.8 Å². The third-order valence-corrected chi connectivity index (χ3v) is 5.91. The molecule has 1 aromatic heterocycles. The van der Waals surface area contributed by atoms with Gasteiger partial charge in [-0.1, -0.05) is 45.0 Å². The minimum Gasteiger partial charge on any atom is -0.497 e. The van der Waals surface area contributed by atoms with Crippen molar-refractivity contribution in [2.75, 3.05) is 38.2 Å². The number of carbonyl (C=O) groups is 1. The maximum absolute atomic E-state index is 13.0. The predicted octanol–water partition coefficient (Wildman–Crippen LogP) is 4.41. The van der Waals surface area contributed by atoms with Crippen LogP contribution in [0.25, 0.3) is 11.3 Å². The number of aromatic nitrogens is 2. The van der Waals surface area contributed by atoms with Crippen LogP contribution in [0.3, 0.4) is 0 Å². The first-order valence-electron chi connectivity index (χ1n) is 11.0. The van der Waals surface area contributed by atoms with Crippen LogP contribution in [-0.2, 0) is 5.41 Å². The SMILES string of the molecule is COc1cccc(-c2cc(N3CCN(C(=O)c4ccc(C(C)(C)C)cc4)CC3)ncn2)c1. The summed E-state index contributed by atoms with van der Waals surface area (Å²) in [6.07, 6.45) is 1.60. The average Bonchev–Trinajstić information content (AvgIpc) is 2.83. The van der Waals surface area contributed by atoms with Crippen LogP contribution in [0.5, 0.6) is 5.75 Å². The molecule has 1 aliphatic rings. The van der Waals surface area contributed by atoms with Crippen LogP contribution in [0.2, 0.25) is 0 Å². The van der Waals surface area contributed by atoms with Crippen LogP contribution in [0, 0.1) is 0 Å². The van der Waals surface area contributed by atoms with E-state index in [1.807, 2.05) is 47.4 Å². The Labute approximate surface area is 189 Å². The lowest BCUT2D eigenvalue weighted by atomic mass is 9.86. The summed E-state index contributed by atoms with van der Waals surface area (Å²) in [5, 5.41) is 0. The van der Waals surface area contributed by atoms with Gasteiger partial charge < -0.3 is 14.5 Å². The van der Waals surface area contributed by atoms with Gasteiger partial charge in [-0.15, -0.1) is 0 Å². The van der Waals surface area contributed by atoms with E-state index < -0.39 is 0 Å². The largest absolute Gasteiger partial charge is 0.497 e. The number of anilines is 1. The molecule has 0 unspecified atom stereocenters. The maximum atomic E-state index is 13.0. The number of ether oxygens (including phenoxy) is 1. The molecule has 0 saturated carbocycles. The molecular formula is C26H30N4O2. The minimum absolute atomic E-state index is 0.0779. The van der Waals surface area contributed by atoms with E-state index in [1.165, 1.54) is 5.56 Å². The van der Waals surface area contributed by atoms with Crippen LogP contribution < -0.4 is 9.64 Å². The molecule has 1 amide bonds. The lowest BCUT2D eigenvalue weighted by Crippen LogP contribution is -2.49. The molecule has 3 aromatic rings. The zero-order valence-electron chi connectivity index (χ0n) is 19.2. The van der Waals surface area contributed by atoms with Crippen LogP contribution in [0.1, 0.15) is 36.7 Å². The minimum atomic E-state index is 0.0779. The normalized spacial score (nSPS) is 14.4. The zero-order chi connectivity index (χ0) is 22.7. The summed E-state index contributed by atoms with van der Waals surface area (Å²) in [7, 11) is 1.66. The molecule has 1 saturated heterocycles. The molecule has 0 radical (unpaired) electrons. The Morgan fingerprint density at radius 3 is 2.31 bits per heavy atom. The Bertz CT molecular complexity index is 1080. The standard InChI is InChI=1S/C26H30N4O2/c1-26(2,3)21-10-8-19(9-11-21)25(31)30-14-12-29(13-15-30)24-17-23(27-18-28-24)20-6-5-7-22(16-20)32-4/h5-11,16-18H,12-15H2,1-4H3. The van der Waals surface area contributed by atoms with Crippen molar-refractivity contribution >= 4 is 11.7 Å². The van der Waals surface area contributed by atoms with E-state index >= 15 is 0 Å². The van der Waals surface area contributed by atoms with Crippen molar-refractivity contribution in [1.29, 1.82) is 0 Å². The molecule has 0 atom stereocenters. The van der Waals surface area contributed by atoms with Crippen LogP contribution in [0.4, 0.5) is 5.82 Å². The summed E-state index contributed by atoms with van der Waals surface area (Å²) >= 11 is 0. The van der Waals surface area contributed by atoms with Gasteiger partial charge in [0, 0.05) is 43.4 Å². The summed E-state index contributed by atoms with van der Waals surface area (Å²) in [5.41, 5.74) is 3.89. The molecule has 32 heavy (non-hydrogen) atoms. The fraction of sp³-hybridized carbons (Fsp3) is 0.346. The molecule has 2 aromatic carbocycles. The van der Waals surface area contributed by atoms with Crippen molar-refractivity contribution in [2.24, 2.45) is 0 Å². The van der Waals surface area contributed by atoms with Gasteiger partial charge >= 0.3 is 0 Å². The molecule has 1 fully saturated rings. The zero-order valence-corrected chi connectivity index (χ0v) is 19.2. The van der Waals surface area contributed by atoms with Gasteiger partial charge in [-0.05, 0) is 35.2 Å². The van der Waals surface area contributed by atoms with E-state index in [0.717, 1.165) is 41.5 Å². The predicted molar refractivity (Wildman–Crippen MR) is 127 cm³/mol. The summed E-state index contributed by atoms with van der Waals surface area (Å²) in [5.74, 6) is 1.76. The second-order valence-corrected chi connectivity index (χ2v) is 9.10. The fourth-order valence-corrected chi connectivity index (χ4v) is 3.89. The quantitative estimate of drug-likeness (QED) is 0.614. The Balaban J connectivity index is 1.42. The molecule has 0 N–H and O–H groups in total. The van der Waals surface area contributed by atoms with Gasteiger partial charge in [0.15, 0.2) is 0 Å². The first-order valence-corrected chi connectivity index (χ1v) is 11.0. The second kappa shape index (κ2) is 8.99. The van der Waals surface area contributed by atoms with Gasteiger partial charge in [-0.2, -0.15) is 0 Å². The number of methoxy groups -OCH3 is 1. The molecule has 2 heterocycles. The second-order valence-electron chi connectivity index (χ2n) is 9.10. The first-order chi connectivity index (χ1) is 15.3. The number of amides is 1. The van der Waals surface area contributed by atoms with E-state index in [9.17, 15) is 4.79 Å². The summed E-state index contributed by atoms with van der Waals surface area (Å²) in [4.78, 5) is 26.0. The fourth-order valence-electron chi connectivity index (χ4n) is 3.89. The van der Waals surface area contributed by atoms with E-state index in [0.29, 0.717) is 13.1 Å². The van der Waals surface area contributed by atoms with Crippen molar-refractivity contribution in [1.82, 2.24) is 14.9 Å². The van der Waals surface area contributed by atoms with E-state index in [1.54, 1.807) is 13.4 Å². The molecule has 6 heteroatoms. The molecule has 4 rings (SSSR count). The van der Waals surface area contributed by atoms with Crippen molar-refractivity contribution in [3.8, 4) is 17.0 Å². The molecule has 166 valence electrons. The average molecular weight is 431 g/mol. The topological polar surface area (TPSA) is 58.6 Å². The molecule has 0 aliphatic carbocycles. The van der Waals surface area contributed by atoms with Gasteiger partial charge in [0.25, 0.3) is 5.91 Å². The Hall–Kier alpha value is -3.41. The molecule has 6 nitrogen and oxygen atoms in total. The summed E-state index contributed by atoms with van der Waals surface area (Å²) < 4.78 is 5.33. The number of hydrogen-bond acceptors (Lipinski definition) is 5. The van der Waals surface area contributed by atoms with E-state index in [-0.39, 0.29) is 11.3 Å². The molecule has 1 aliphatic heterocycles.